The molecule has 0 saturated heterocycles. The predicted molar refractivity (Wildman–Crippen MR) is 50.1 cm³/mol. The molecule has 72 valence electrons. The molecule has 0 aliphatic heterocycles. The Kier molecular flexibility index (Phi) is 1.11. The van der Waals surface area contributed by atoms with Crippen molar-refractivity contribution in [3.63, 3.8) is 0 Å². The summed E-state index contributed by atoms with van der Waals surface area (Å²) >= 11 is 0. The van der Waals surface area contributed by atoms with E-state index >= 15 is 0 Å². The Bertz CT molecular complexity index is 240. The number of aliphatic hydroxyl groups is 1. The second kappa shape index (κ2) is 1.98. The van der Waals surface area contributed by atoms with Gasteiger partial charge in [-0.25, -0.2) is 0 Å². The van der Waals surface area contributed by atoms with Crippen LogP contribution in [0.1, 0.15) is 38.5 Å². The van der Waals surface area contributed by atoms with E-state index in [1.165, 1.54) is 32.1 Å². The van der Waals surface area contributed by atoms with Crippen LogP contribution in [0.15, 0.2) is 0 Å². The summed E-state index contributed by atoms with van der Waals surface area (Å²) in [5.74, 6) is 4.16. The molecule has 1 N–H and O–H groups in total. The summed E-state index contributed by atoms with van der Waals surface area (Å²) in [5, 5.41) is 10.7. The molecule has 0 heterocycles. The average Bonchev–Trinajstić information content (AvgIpc) is 2.34. The van der Waals surface area contributed by atoms with Gasteiger partial charge in [0.05, 0.1) is 5.60 Å². The van der Waals surface area contributed by atoms with Crippen molar-refractivity contribution in [2.45, 2.75) is 44.1 Å². The van der Waals surface area contributed by atoms with Gasteiger partial charge in [0.2, 0.25) is 0 Å². The first-order chi connectivity index (χ1) is 6.27. The summed E-state index contributed by atoms with van der Waals surface area (Å²) in [6.07, 6.45) is 8.22. The van der Waals surface area contributed by atoms with Crippen molar-refractivity contribution >= 4 is 0 Å². The van der Waals surface area contributed by atoms with E-state index in [-0.39, 0.29) is 5.60 Å². The minimum Gasteiger partial charge on any atom is -0.389 e. The van der Waals surface area contributed by atoms with Gasteiger partial charge in [-0.15, -0.1) is 0 Å². The van der Waals surface area contributed by atoms with Crippen molar-refractivity contribution < 1.29 is 5.11 Å². The van der Waals surface area contributed by atoms with E-state index in [0.29, 0.717) is 11.8 Å². The largest absolute Gasteiger partial charge is 0.389 e. The molecule has 0 aromatic carbocycles. The van der Waals surface area contributed by atoms with Gasteiger partial charge in [0.1, 0.15) is 0 Å². The number of rotatable bonds is 0. The van der Waals surface area contributed by atoms with Crippen molar-refractivity contribution in [3.8, 4) is 0 Å². The second-order valence-corrected chi connectivity index (χ2v) is 6.08. The van der Waals surface area contributed by atoms with Gasteiger partial charge in [0, 0.05) is 0 Å². The van der Waals surface area contributed by atoms with Gasteiger partial charge >= 0.3 is 0 Å². The van der Waals surface area contributed by atoms with Crippen LogP contribution in [-0.2, 0) is 0 Å². The summed E-state index contributed by atoms with van der Waals surface area (Å²) < 4.78 is 0. The Morgan fingerprint density at radius 2 is 1.54 bits per heavy atom. The molecule has 4 unspecified atom stereocenters. The zero-order valence-corrected chi connectivity index (χ0v) is 8.08. The third-order valence-electron chi connectivity index (χ3n) is 5.70. The van der Waals surface area contributed by atoms with Gasteiger partial charge in [-0.3, -0.25) is 0 Å². The summed E-state index contributed by atoms with van der Waals surface area (Å²) in [5.41, 5.74) is -0.172. The molecule has 0 spiro atoms. The molecule has 4 atom stereocenters. The fraction of sp³-hybridized carbons (Fsp3) is 1.00. The van der Waals surface area contributed by atoms with Crippen molar-refractivity contribution in [1.82, 2.24) is 0 Å². The monoisotopic (exact) mass is 178 g/mol. The van der Waals surface area contributed by atoms with E-state index in [1.54, 1.807) is 0 Å². The van der Waals surface area contributed by atoms with E-state index < -0.39 is 0 Å². The van der Waals surface area contributed by atoms with E-state index in [4.69, 9.17) is 0 Å². The molecular weight excluding hydrogens is 160 g/mol. The van der Waals surface area contributed by atoms with Crippen LogP contribution in [-0.4, -0.2) is 10.7 Å². The first-order valence-corrected chi connectivity index (χ1v) is 6.00. The smallest absolute Gasteiger partial charge is 0.0711 e. The standard InChI is InChI=1S/C12H18O/c13-12-6-7-3-8-5-9(4-7)11(12)2-1-10(8)12/h7-11,13H,1-6H2. The van der Waals surface area contributed by atoms with Crippen LogP contribution >= 0.6 is 0 Å². The highest BCUT2D eigenvalue weighted by molar-refractivity contribution is 5.14. The molecule has 5 saturated carbocycles. The minimum atomic E-state index is -0.172. The Balaban J connectivity index is 1.87. The molecule has 5 fully saturated rings. The minimum absolute atomic E-state index is 0.172. The van der Waals surface area contributed by atoms with Crippen molar-refractivity contribution in [2.24, 2.45) is 29.6 Å². The summed E-state index contributed by atoms with van der Waals surface area (Å²) in [6, 6.07) is 0. The normalized spacial score (nSPS) is 67.6. The predicted octanol–water partition coefficient (Wildman–Crippen LogP) is 2.19. The molecule has 0 amide bonds. The Morgan fingerprint density at radius 1 is 0.923 bits per heavy atom. The van der Waals surface area contributed by atoms with E-state index in [2.05, 4.69) is 0 Å². The van der Waals surface area contributed by atoms with Gasteiger partial charge in [0.15, 0.2) is 0 Å². The Morgan fingerprint density at radius 3 is 2.15 bits per heavy atom. The van der Waals surface area contributed by atoms with Crippen LogP contribution < -0.4 is 0 Å². The van der Waals surface area contributed by atoms with Crippen LogP contribution in [0.3, 0.4) is 0 Å². The molecule has 0 radical (unpaired) electrons. The number of hydrogen-bond donors (Lipinski definition) is 1. The molecular formula is C12H18O. The van der Waals surface area contributed by atoms with Gasteiger partial charge in [0.25, 0.3) is 0 Å². The molecule has 0 aromatic rings. The maximum Gasteiger partial charge on any atom is 0.0711 e. The summed E-state index contributed by atoms with van der Waals surface area (Å²) in [6.45, 7) is 0. The molecule has 5 aliphatic carbocycles. The Labute approximate surface area is 79.5 Å². The first-order valence-electron chi connectivity index (χ1n) is 6.00. The Hall–Kier alpha value is -0.0400. The second-order valence-electron chi connectivity index (χ2n) is 6.08. The third-order valence-corrected chi connectivity index (χ3v) is 5.70. The molecule has 5 rings (SSSR count). The van der Waals surface area contributed by atoms with Gasteiger partial charge < -0.3 is 5.11 Å². The van der Waals surface area contributed by atoms with Crippen molar-refractivity contribution in [3.05, 3.63) is 0 Å². The lowest BCUT2D eigenvalue weighted by Gasteiger charge is -2.59. The maximum absolute atomic E-state index is 10.7. The van der Waals surface area contributed by atoms with E-state index in [9.17, 15) is 5.11 Å². The molecule has 1 nitrogen and oxygen atoms in total. The summed E-state index contributed by atoms with van der Waals surface area (Å²) in [4.78, 5) is 0. The quantitative estimate of drug-likeness (QED) is 0.603. The van der Waals surface area contributed by atoms with Crippen LogP contribution in [0.5, 0.6) is 0 Å². The lowest BCUT2D eigenvalue weighted by molar-refractivity contribution is -0.182. The summed E-state index contributed by atoms with van der Waals surface area (Å²) in [7, 11) is 0. The molecule has 13 heavy (non-hydrogen) atoms. The van der Waals surface area contributed by atoms with Crippen LogP contribution in [0, 0.1) is 29.6 Å². The van der Waals surface area contributed by atoms with Crippen LogP contribution in [0.2, 0.25) is 0 Å². The fourth-order valence-corrected chi connectivity index (χ4v) is 5.54. The molecule has 5 aliphatic rings. The molecule has 1 heteroatoms. The third kappa shape index (κ3) is 0.674. The van der Waals surface area contributed by atoms with Crippen LogP contribution in [0.4, 0.5) is 0 Å². The van der Waals surface area contributed by atoms with Gasteiger partial charge in [-0.1, -0.05) is 0 Å². The SMILES string of the molecule is OC12CC3CC4CC(C3)C1CCC42. The molecule has 6 bridgehead atoms. The lowest BCUT2D eigenvalue weighted by atomic mass is 9.49. The zero-order valence-electron chi connectivity index (χ0n) is 8.08. The first kappa shape index (κ1) is 7.28. The van der Waals surface area contributed by atoms with Crippen LogP contribution in [0.25, 0.3) is 0 Å². The topological polar surface area (TPSA) is 20.2 Å². The van der Waals surface area contributed by atoms with Gasteiger partial charge in [-0.2, -0.15) is 0 Å². The maximum atomic E-state index is 10.7. The van der Waals surface area contributed by atoms with Crippen molar-refractivity contribution in [2.75, 3.05) is 0 Å². The molecule has 0 aromatic heterocycles. The zero-order chi connectivity index (χ0) is 8.63. The highest BCUT2D eigenvalue weighted by atomic mass is 16.3. The fourth-order valence-electron chi connectivity index (χ4n) is 5.54. The lowest BCUT2D eigenvalue weighted by Crippen LogP contribution is -2.58. The highest BCUT2D eigenvalue weighted by Gasteiger charge is 2.64. The van der Waals surface area contributed by atoms with E-state index in [0.717, 1.165) is 24.2 Å². The van der Waals surface area contributed by atoms with E-state index in [1.807, 2.05) is 0 Å². The van der Waals surface area contributed by atoms with Crippen molar-refractivity contribution in [1.29, 1.82) is 0 Å². The van der Waals surface area contributed by atoms with Gasteiger partial charge in [-0.05, 0) is 68.1 Å². The highest BCUT2D eigenvalue weighted by Crippen LogP contribution is 2.66. The number of hydrogen-bond acceptors (Lipinski definition) is 1. The average molecular weight is 178 g/mol.